The van der Waals surface area contributed by atoms with Crippen LogP contribution in [0.3, 0.4) is 0 Å². The first kappa shape index (κ1) is 21.6. The Kier molecular flexibility index (Phi) is 8.02. The van der Waals surface area contributed by atoms with Crippen molar-refractivity contribution in [2.75, 3.05) is 6.61 Å². The summed E-state index contributed by atoms with van der Waals surface area (Å²) >= 11 is 3.31. The van der Waals surface area contributed by atoms with E-state index in [-0.39, 0.29) is 30.1 Å². The topological polar surface area (TPSA) is 72.5 Å². The number of carbonyl (C=O) groups excluding carboxylic acids is 3. The molecule has 1 aliphatic rings. The van der Waals surface area contributed by atoms with E-state index in [4.69, 9.17) is 4.74 Å². The molecule has 27 heavy (non-hydrogen) atoms. The van der Waals surface area contributed by atoms with Crippen LogP contribution in [0.4, 0.5) is 0 Å². The van der Waals surface area contributed by atoms with E-state index in [1.54, 1.807) is 24.3 Å². The molecular formula is C21H28BrNO4. The molecule has 148 valence electrons. The van der Waals surface area contributed by atoms with Crippen molar-refractivity contribution < 1.29 is 19.1 Å². The van der Waals surface area contributed by atoms with Crippen molar-refractivity contribution in [1.82, 2.24) is 5.32 Å². The number of benzene rings is 1. The van der Waals surface area contributed by atoms with Gasteiger partial charge in [0, 0.05) is 16.0 Å². The number of esters is 1. The maximum atomic E-state index is 12.5. The highest BCUT2D eigenvalue weighted by molar-refractivity contribution is 9.10. The van der Waals surface area contributed by atoms with Crippen molar-refractivity contribution in [2.45, 2.75) is 52.5 Å². The fraction of sp³-hybridized carbons (Fsp3) is 0.571. The molecule has 1 amide bonds. The number of carbonyl (C=O) groups is 3. The Labute approximate surface area is 169 Å². The summed E-state index contributed by atoms with van der Waals surface area (Å²) in [6, 6.07) is 6.13. The highest BCUT2D eigenvalue weighted by atomic mass is 79.9. The van der Waals surface area contributed by atoms with E-state index >= 15 is 0 Å². The molecule has 0 aliphatic heterocycles. The lowest BCUT2D eigenvalue weighted by atomic mass is 9.82. The molecule has 1 aliphatic carbocycles. The van der Waals surface area contributed by atoms with Crippen LogP contribution in [-0.4, -0.2) is 30.3 Å². The quantitative estimate of drug-likeness (QED) is 0.513. The summed E-state index contributed by atoms with van der Waals surface area (Å²) in [7, 11) is 0. The Balaban J connectivity index is 1.89. The number of hydrogen-bond acceptors (Lipinski definition) is 4. The summed E-state index contributed by atoms with van der Waals surface area (Å²) in [5, 5.41) is 2.84. The van der Waals surface area contributed by atoms with E-state index in [0.29, 0.717) is 11.5 Å². The van der Waals surface area contributed by atoms with Gasteiger partial charge in [-0.25, -0.2) is 4.79 Å². The van der Waals surface area contributed by atoms with Gasteiger partial charge in [-0.15, -0.1) is 0 Å². The number of hydrogen-bond donors (Lipinski definition) is 1. The SMILES string of the molecule is CC1CCC(C(=O)N[C@H](C(=O)OCC(=O)c2ccc(Br)cc2)C(C)C)CC1. The van der Waals surface area contributed by atoms with Crippen molar-refractivity contribution in [2.24, 2.45) is 17.8 Å². The van der Waals surface area contributed by atoms with Crippen LogP contribution in [0.15, 0.2) is 28.7 Å². The predicted molar refractivity (Wildman–Crippen MR) is 107 cm³/mol. The summed E-state index contributed by atoms with van der Waals surface area (Å²) in [5.41, 5.74) is 0.479. The van der Waals surface area contributed by atoms with Gasteiger partial charge in [0.2, 0.25) is 5.91 Å². The van der Waals surface area contributed by atoms with Gasteiger partial charge in [0.25, 0.3) is 0 Å². The third kappa shape index (κ3) is 6.45. The summed E-state index contributed by atoms with van der Waals surface area (Å²) < 4.78 is 6.07. The monoisotopic (exact) mass is 437 g/mol. The fourth-order valence-corrected chi connectivity index (χ4v) is 3.50. The van der Waals surface area contributed by atoms with E-state index in [9.17, 15) is 14.4 Å². The van der Waals surface area contributed by atoms with Gasteiger partial charge in [-0.2, -0.15) is 0 Å². The molecular weight excluding hydrogens is 410 g/mol. The van der Waals surface area contributed by atoms with Crippen molar-refractivity contribution in [1.29, 1.82) is 0 Å². The molecule has 6 heteroatoms. The van der Waals surface area contributed by atoms with E-state index in [0.717, 1.165) is 30.2 Å². The first-order valence-corrected chi connectivity index (χ1v) is 10.3. The third-order valence-electron chi connectivity index (χ3n) is 5.12. The Bertz CT molecular complexity index is 663. The van der Waals surface area contributed by atoms with Crippen LogP contribution in [0, 0.1) is 17.8 Å². The second-order valence-corrected chi connectivity index (χ2v) is 8.64. The van der Waals surface area contributed by atoms with E-state index in [2.05, 4.69) is 28.2 Å². The van der Waals surface area contributed by atoms with Gasteiger partial charge >= 0.3 is 5.97 Å². The molecule has 0 unspecified atom stereocenters. The normalized spacial score (nSPS) is 20.8. The maximum Gasteiger partial charge on any atom is 0.329 e. The minimum Gasteiger partial charge on any atom is -0.456 e. The van der Waals surface area contributed by atoms with Gasteiger partial charge in [-0.1, -0.05) is 48.8 Å². The summed E-state index contributed by atoms with van der Waals surface area (Å²) in [6.45, 7) is 5.57. The molecule has 1 atom stereocenters. The Morgan fingerprint density at radius 3 is 2.26 bits per heavy atom. The first-order chi connectivity index (χ1) is 12.8. The zero-order valence-corrected chi connectivity index (χ0v) is 17.8. The van der Waals surface area contributed by atoms with Crippen LogP contribution in [0.5, 0.6) is 0 Å². The van der Waals surface area contributed by atoms with Gasteiger partial charge in [-0.05, 0) is 49.7 Å². The van der Waals surface area contributed by atoms with E-state index in [1.807, 2.05) is 13.8 Å². The van der Waals surface area contributed by atoms with Gasteiger partial charge in [0.05, 0.1) is 0 Å². The molecule has 1 aromatic carbocycles. The standard InChI is InChI=1S/C21H28BrNO4/c1-13(2)19(23-20(25)16-6-4-14(3)5-7-16)21(26)27-12-18(24)15-8-10-17(22)11-9-15/h8-11,13-14,16,19H,4-7,12H2,1-3H3,(H,23,25)/t14?,16?,19-/m0/s1. The molecule has 0 bridgehead atoms. The number of rotatable bonds is 7. The van der Waals surface area contributed by atoms with Gasteiger partial charge in [-0.3, -0.25) is 9.59 Å². The average Bonchev–Trinajstić information content (AvgIpc) is 2.64. The van der Waals surface area contributed by atoms with Crippen molar-refractivity contribution >= 4 is 33.6 Å². The zero-order valence-electron chi connectivity index (χ0n) is 16.2. The lowest BCUT2D eigenvalue weighted by Crippen LogP contribution is -2.48. The molecule has 0 heterocycles. The molecule has 1 saturated carbocycles. The highest BCUT2D eigenvalue weighted by Gasteiger charge is 2.31. The molecule has 2 rings (SSSR count). The second-order valence-electron chi connectivity index (χ2n) is 7.72. The Hall–Kier alpha value is -1.69. The Morgan fingerprint density at radius 1 is 1.11 bits per heavy atom. The first-order valence-electron chi connectivity index (χ1n) is 9.53. The summed E-state index contributed by atoms with van der Waals surface area (Å²) in [6.07, 6.45) is 3.79. The highest BCUT2D eigenvalue weighted by Crippen LogP contribution is 2.28. The lowest BCUT2D eigenvalue weighted by Gasteiger charge is -2.28. The van der Waals surface area contributed by atoms with E-state index < -0.39 is 12.0 Å². The molecule has 0 spiro atoms. The molecule has 0 aromatic heterocycles. The molecule has 5 nitrogen and oxygen atoms in total. The van der Waals surface area contributed by atoms with Crippen molar-refractivity contribution in [3.63, 3.8) is 0 Å². The Morgan fingerprint density at radius 2 is 1.70 bits per heavy atom. The maximum absolute atomic E-state index is 12.5. The molecule has 1 N–H and O–H groups in total. The van der Waals surface area contributed by atoms with E-state index in [1.165, 1.54) is 0 Å². The molecule has 0 radical (unpaired) electrons. The number of halogens is 1. The molecule has 0 saturated heterocycles. The largest absolute Gasteiger partial charge is 0.456 e. The number of Topliss-reactive ketones (excluding diaryl/α,β-unsaturated/α-hetero) is 1. The number of ketones is 1. The second kappa shape index (κ2) is 10.0. The number of amides is 1. The molecule has 1 aromatic rings. The summed E-state index contributed by atoms with van der Waals surface area (Å²) in [5.74, 6) is -0.424. The minimum atomic E-state index is -0.741. The fourth-order valence-electron chi connectivity index (χ4n) is 3.24. The van der Waals surface area contributed by atoms with Crippen LogP contribution in [0.25, 0.3) is 0 Å². The van der Waals surface area contributed by atoms with Crippen LogP contribution in [0.1, 0.15) is 56.8 Å². The third-order valence-corrected chi connectivity index (χ3v) is 5.65. The van der Waals surface area contributed by atoms with Crippen LogP contribution >= 0.6 is 15.9 Å². The van der Waals surface area contributed by atoms with Gasteiger partial charge < -0.3 is 10.1 Å². The number of nitrogens with one attached hydrogen (secondary N) is 1. The predicted octanol–water partition coefficient (Wildman–Crippen LogP) is 4.14. The smallest absolute Gasteiger partial charge is 0.329 e. The van der Waals surface area contributed by atoms with Crippen molar-refractivity contribution in [3.05, 3.63) is 34.3 Å². The van der Waals surface area contributed by atoms with Gasteiger partial charge in [0.15, 0.2) is 12.4 Å². The lowest BCUT2D eigenvalue weighted by molar-refractivity contribution is -0.148. The summed E-state index contributed by atoms with van der Waals surface area (Å²) in [4.78, 5) is 37.1. The van der Waals surface area contributed by atoms with Crippen LogP contribution in [0.2, 0.25) is 0 Å². The average molecular weight is 438 g/mol. The number of ether oxygens (including phenoxy) is 1. The van der Waals surface area contributed by atoms with Crippen LogP contribution < -0.4 is 5.32 Å². The van der Waals surface area contributed by atoms with Crippen molar-refractivity contribution in [3.8, 4) is 0 Å². The minimum absolute atomic E-state index is 0.0420. The van der Waals surface area contributed by atoms with Gasteiger partial charge in [0.1, 0.15) is 6.04 Å². The zero-order chi connectivity index (χ0) is 20.0. The van der Waals surface area contributed by atoms with Crippen LogP contribution in [-0.2, 0) is 14.3 Å². The molecule has 1 fully saturated rings.